The Morgan fingerprint density at radius 2 is 0.845 bits per heavy atom. The fraction of sp³-hybridized carbons (Fsp3) is 0. The molecule has 58 heavy (non-hydrogen) atoms. The summed E-state index contributed by atoms with van der Waals surface area (Å²) in [6.07, 6.45) is 0. The molecule has 0 amide bonds. The summed E-state index contributed by atoms with van der Waals surface area (Å²) in [5.41, 5.74) is 14.6. The van der Waals surface area contributed by atoms with E-state index < -0.39 is 0 Å². The molecule has 0 radical (unpaired) electrons. The molecule has 11 aromatic rings. The molecule has 0 atom stereocenters. The number of hydrogen-bond donors (Lipinski definition) is 0. The van der Waals surface area contributed by atoms with Crippen LogP contribution in [0.4, 0.5) is 17.1 Å². The normalized spacial score (nSPS) is 11.4. The lowest BCUT2D eigenvalue weighted by Gasteiger charge is -2.28. The summed E-state index contributed by atoms with van der Waals surface area (Å²) in [7, 11) is 0. The Bertz CT molecular complexity index is 3260. The third kappa shape index (κ3) is 5.82. The van der Waals surface area contributed by atoms with E-state index in [2.05, 4.69) is 217 Å². The van der Waals surface area contributed by atoms with Crippen LogP contribution >= 0.6 is 0 Å². The molecule has 0 saturated heterocycles. The Morgan fingerprint density at radius 1 is 0.293 bits per heavy atom. The Labute approximate surface area is 337 Å². The van der Waals surface area contributed by atoms with Crippen LogP contribution in [0.2, 0.25) is 0 Å². The van der Waals surface area contributed by atoms with E-state index >= 15 is 0 Å². The van der Waals surface area contributed by atoms with Gasteiger partial charge in [0.1, 0.15) is 11.2 Å². The zero-order valence-electron chi connectivity index (χ0n) is 31.7. The van der Waals surface area contributed by atoms with Crippen LogP contribution in [0.15, 0.2) is 229 Å². The van der Waals surface area contributed by atoms with E-state index in [1.165, 1.54) is 54.9 Å². The molecular weight excluding hydrogens is 703 g/mol. The van der Waals surface area contributed by atoms with Gasteiger partial charge < -0.3 is 9.32 Å². The standard InChI is InChI=1S/C56H37NO/c1-2-13-40(14-3-1)48-35-36-53(51-21-7-6-20-50(48)51)57(45-18-10-17-43(37-45)49-24-12-26-55-56(49)52-22-8-9-25-54(52)58-55)44-33-31-39(32-34-44)38-27-29-42(30-28-38)47-23-11-16-41-15-4-5-19-46(41)47/h1-37H. The smallest absolute Gasteiger partial charge is 0.136 e. The van der Waals surface area contributed by atoms with Gasteiger partial charge in [-0.25, -0.2) is 0 Å². The van der Waals surface area contributed by atoms with Gasteiger partial charge in [0.2, 0.25) is 0 Å². The first-order valence-corrected chi connectivity index (χ1v) is 19.8. The van der Waals surface area contributed by atoms with E-state index in [1.807, 2.05) is 12.1 Å². The molecular formula is C56H37NO. The summed E-state index contributed by atoms with van der Waals surface area (Å²) in [6.45, 7) is 0. The molecule has 0 N–H and O–H groups in total. The van der Waals surface area contributed by atoms with E-state index in [4.69, 9.17) is 4.42 Å². The highest BCUT2D eigenvalue weighted by Gasteiger charge is 2.19. The third-order valence-electron chi connectivity index (χ3n) is 11.5. The fourth-order valence-corrected chi connectivity index (χ4v) is 8.72. The van der Waals surface area contributed by atoms with Crippen LogP contribution in [0.3, 0.4) is 0 Å². The number of para-hydroxylation sites is 1. The highest BCUT2D eigenvalue weighted by Crippen LogP contribution is 2.44. The summed E-state index contributed by atoms with van der Waals surface area (Å²) < 4.78 is 6.31. The van der Waals surface area contributed by atoms with E-state index in [1.54, 1.807) is 0 Å². The molecule has 1 aromatic heterocycles. The Hall–Kier alpha value is -7.68. The average molecular weight is 740 g/mol. The van der Waals surface area contributed by atoms with Gasteiger partial charge in [0.25, 0.3) is 0 Å². The second-order valence-corrected chi connectivity index (χ2v) is 14.9. The predicted molar refractivity (Wildman–Crippen MR) is 245 cm³/mol. The zero-order valence-corrected chi connectivity index (χ0v) is 31.7. The molecule has 1 heterocycles. The lowest BCUT2D eigenvalue weighted by atomic mass is 9.95. The number of anilines is 3. The summed E-state index contributed by atoms with van der Waals surface area (Å²) in [4.78, 5) is 2.40. The molecule has 0 saturated carbocycles. The number of hydrogen-bond acceptors (Lipinski definition) is 2. The summed E-state index contributed by atoms with van der Waals surface area (Å²) in [6, 6.07) is 80.7. The SMILES string of the molecule is c1ccc(-c2ccc(N(c3ccc(-c4ccc(-c5cccc6ccccc56)cc4)cc3)c3cccc(-c4cccc5oc6ccccc6c45)c3)c3ccccc23)cc1. The molecule has 0 aliphatic carbocycles. The van der Waals surface area contributed by atoms with Crippen LogP contribution < -0.4 is 4.90 Å². The van der Waals surface area contributed by atoms with Crippen molar-refractivity contribution in [2.24, 2.45) is 0 Å². The minimum absolute atomic E-state index is 0.893. The van der Waals surface area contributed by atoms with Gasteiger partial charge in [0.15, 0.2) is 0 Å². The predicted octanol–water partition coefficient (Wildman–Crippen LogP) is 16.0. The van der Waals surface area contributed by atoms with Crippen molar-refractivity contribution in [1.29, 1.82) is 0 Å². The first-order chi connectivity index (χ1) is 28.8. The number of furan rings is 1. The second-order valence-electron chi connectivity index (χ2n) is 14.9. The van der Waals surface area contributed by atoms with Crippen molar-refractivity contribution in [1.82, 2.24) is 0 Å². The lowest BCUT2D eigenvalue weighted by molar-refractivity contribution is 0.669. The van der Waals surface area contributed by atoms with Crippen LogP contribution in [-0.4, -0.2) is 0 Å². The quantitative estimate of drug-likeness (QED) is 0.162. The largest absolute Gasteiger partial charge is 0.456 e. The summed E-state index contributed by atoms with van der Waals surface area (Å²) in [5.74, 6) is 0. The van der Waals surface area contributed by atoms with Crippen molar-refractivity contribution in [2.45, 2.75) is 0 Å². The Morgan fingerprint density at radius 3 is 1.67 bits per heavy atom. The highest BCUT2D eigenvalue weighted by molar-refractivity contribution is 6.13. The van der Waals surface area contributed by atoms with Gasteiger partial charge in [-0.15, -0.1) is 0 Å². The fourth-order valence-electron chi connectivity index (χ4n) is 8.72. The maximum atomic E-state index is 6.31. The molecule has 272 valence electrons. The first kappa shape index (κ1) is 33.6. The molecule has 0 spiro atoms. The first-order valence-electron chi connectivity index (χ1n) is 19.8. The van der Waals surface area contributed by atoms with Gasteiger partial charge >= 0.3 is 0 Å². The molecule has 0 bridgehead atoms. The zero-order chi connectivity index (χ0) is 38.4. The van der Waals surface area contributed by atoms with Gasteiger partial charge in [-0.2, -0.15) is 0 Å². The number of benzene rings is 10. The van der Waals surface area contributed by atoms with Gasteiger partial charge in [-0.1, -0.05) is 182 Å². The Kier molecular flexibility index (Phi) is 8.19. The van der Waals surface area contributed by atoms with E-state index in [-0.39, 0.29) is 0 Å². The maximum absolute atomic E-state index is 6.31. The number of rotatable bonds is 7. The van der Waals surface area contributed by atoms with Gasteiger partial charge in [0, 0.05) is 27.5 Å². The Balaban J connectivity index is 1.04. The molecule has 0 aliphatic heterocycles. The lowest BCUT2D eigenvalue weighted by Crippen LogP contribution is -2.10. The minimum Gasteiger partial charge on any atom is -0.456 e. The van der Waals surface area contributed by atoms with E-state index in [0.29, 0.717) is 0 Å². The van der Waals surface area contributed by atoms with Crippen LogP contribution in [-0.2, 0) is 0 Å². The highest BCUT2D eigenvalue weighted by atomic mass is 16.3. The molecule has 0 fully saturated rings. The third-order valence-corrected chi connectivity index (χ3v) is 11.5. The van der Waals surface area contributed by atoms with Crippen molar-refractivity contribution in [3.05, 3.63) is 224 Å². The average Bonchev–Trinajstić information content (AvgIpc) is 3.69. The monoisotopic (exact) mass is 739 g/mol. The van der Waals surface area contributed by atoms with Crippen LogP contribution in [0.25, 0.3) is 88.0 Å². The molecule has 11 rings (SSSR count). The van der Waals surface area contributed by atoms with E-state index in [9.17, 15) is 0 Å². The molecule has 10 aromatic carbocycles. The van der Waals surface area contributed by atoms with Crippen molar-refractivity contribution in [3.8, 4) is 44.5 Å². The van der Waals surface area contributed by atoms with Crippen LogP contribution in [0.5, 0.6) is 0 Å². The van der Waals surface area contributed by atoms with Crippen LogP contribution in [0, 0.1) is 0 Å². The second kappa shape index (κ2) is 14.1. The van der Waals surface area contributed by atoms with E-state index in [0.717, 1.165) is 50.1 Å². The summed E-state index contributed by atoms with van der Waals surface area (Å²) >= 11 is 0. The molecule has 0 aliphatic rings. The number of nitrogens with zero attached hydrogens (tertiary/aromatic N) is 1. The molecule has 0 unspecified atom stereocenters. The van der Waals surface area contributed by atoms with Crippen molar-refractivity contribution in [3.63, 3.8) is 0 Å². The van der Waals surface area contributed by atoms with Crippen molar-refractivity contribution in [2.75, 3.05) is 4.90 Å². The van der Waals surface area contributed by atoms with Crippen molar-refractivity contribution >= 4 is 60.5 Å². The number of fused-ring (bicyclic) bond motifs is 5. The molecule has 2 nitrogen and oxygen atoms in total. The van der Waals surface area contributed by atoms with Gasteiger partial charge in [0.05, 0.1) is 5.69 Å². The van der Waals surface area contributed by atoms with Gasteiger partial charge in [-0.05, 0) is 103 Å². The van der Waals surface area contributed by atoms with Crippen molar-refractivity contribution < 1.29 is 4.42 Å². The van der Waals surface area contributed by atoms with Gasteiger partial charge in [-0.3, -0.25) is 0 Å². The summed E-state index contributed by atoms with van der Waals surface area (Å²) in [5, 5.41) is 7.18. The minimum atomic E-state index is 0.893. The van der Waals surface area contributed by atoms with Crippen LogP contribution in [0.1, 0.15) is 0 Å². The molecule has 2 heteroatoms. The maximum Gasteiger partial charge on any atom is 0.136 e. The topological polar surface area (TPSA) is 16.4 Å².